The molecule has 1 fully saturated rings. The lowest BCUT2D eigenvalue weighted by Crippen LogP contribution is -2.39. The molecule has 5 nitrogen and oxygen atoms in total. The lowest BCUT2D eigenvalue weighted by molar-refractivity contribution is 0.331. The van der Waals surface area contributed by atoms with E-state index in [-0.39, 0.29) is 24.0 Å². The number of nitrogens with one attached hydrogen (secondary N) is 2. The SMILES string of the molecule is CCNC(=NCc1ccc(CN2CCCC2)cc1)NCCS(=O)c1ccccc1.I. The Bertz CT molecular complexity index is 793. The molecule has 1 saturated heterocycles. The summed E-state index contributed by atoms with van der Waals surface area (Å²) in [6.07, 6.45) is 2.65. The van der Waals surface area contributed by atoms with Crippen LogP contribution in [0.2, 0.25) is 0 Å². The van der Waals surface area contributed by atoms with E-state index < -0.39 is 10.8 Å². The predicted octanol–water partition coefficient (Wildman–Crippen LogP) is 3.76. The van der Waals surface area contributed by atoms with Gasteiger partial charge in [0.2, 0.25) is 0 Å². The van der Waals surface area contributed by atoms with Crippen molar-refractivity contribution in [2.45, 2.75) is 37.8 Å². The largest absolute Gasteiger partial charge is 0.357 e. The molecule has 0 bridgehead atoms. The van der Waals surface area contributed by atoms with E-state index in [0.717, 1.165) is 23.9 Å². The first kappa shape index (κ1) is 24.8. The summed E-state index contributed by atoms with van der Waals surface area (Å²) in [6, 6.07) is 18.4. The normalized spacial score (nSPS) is 15.4. The van der Waals surface area contributed by atoms with E-state index in [2.05, 4.69) is 44.8 Å². The third-order valence-corrected chi connectivity index (χ3v) is 6.35. The molecule has 0 aliphatic carbocycles. The van der Waals surface area contributed by atoms with Crippen LogP contribution >= 0.6 is 24.0 Å². The molecule has 30 heavy (non-hydrogen) atoms. The lowest BCUT2D eigenvalue weighted by Gasteiger charge is -2.14. The molecule has 7 heteroatoms. The number of aliphatic imine (C=N–C) groups is 1. The van der Waals surface area contributed by atoms with Crippen molar-refractivity contribution in [3.05, 3.63) is 65.7 Å². The zero-order valence-corrected chi connectivity index (χ0v) is 20.8. The Balaban J connectivity index is 0.00000320. The average molecular weight is 541 g/mol. The Labute approximate surface area is 200 Å². The second kappa shape index (κ2) is 13.8. The van der Waals surface area contributed by atoms with E-state index in [0.29, 0.717) is 18.8 Å². The molecule has 1 atom stereocenters. The second-order valence-electron chi connectivity index (χ2n) is 7.28. The van der Waals surface area contributed by atoms with Gasteiger partial charge < -0.3 is 10.6 Å². The number of hydrogen-bond donors (Lipinski definition) is 2. The Morgan fingerprint density at radius 2 is 1.67 bits per heavy atom. The molecule has 2 aromatic carbocycles. The van der Waals surface area contributed by atoms with Crippen molar-refractivity contribution in [1.29, 1.82) is 0 Å². The third-order valence-electron chi connectivity index (χ3n) is 4.98. The van der Waals surface area contributed by atoms with Gasteiger partial charge in [0.15, 0.2) is 5.96 Å². The van der Waals surface area contributed by atoms with Crippen LogP contribution in [-0.2, 0) is 23.9 Å². The van der Waals surface area contributed by atoms with Crippen LogP contribution in [0.1, 0.15) is 30.9 Å². The van der Waals surface area contributed by atoms with Crippen LogP contribution in [0.25, 0.3) is 0 Å². The van der Waals surface area contributed by atoms with Crippen LogP contribution in [0.4, 0.5) is 0 Å². The molecule has 0 saturated carbocycles. The molecule has 2 N–H and O–H groups in total. The van der Waals surface area contributed by atoms with Crippen molar-refractivity contribution >= 4 is 40.7 Å². The van der Waals surface area contributed by atoms with Crippen molar-refractivity contribution in [3.8, 4) is 0 Å². The molecule has 1 aliphatic rings. The summed E-state index contributed by atoms with van der Waals surface area (Å²) in [7, 11) is -0.998. The Morgan fingerprint density at radius 3 is 2.33 bits per heavy atom. The van der Waals surface area contributed by atoms with Crippen molar-refractivity contribution in [3.63, 3.8) is 0 Å². The molecule has 1 unspecified atom stereocenters. The quantitative estimate of drug-likeness (QED) is 0.289. The van der Waals surface area contributed by atoms with Gasteiger partial charge in [-0.05, 0) is 56.1 Å². The summed E-state index contributed by atoms with van der Waals surface area (Å²) in [5, 5.41) is 6.55. The summed E-state index contributed by atoms with van der Waals surface area (Å²) in [4.78, 5) is 8.05. The van der Waals surface area contributed by atoms with Gasteiger partial charge in [0.25, 0.3) is 0 Å². The maximum atomic E-state index is 12.3. The van der Waals surface area contributed by atoms with E-state index in [4.69, 9.17) is 0 Å². The van der Waals surface area contributed by atoms with Crippen molar-refractivity contribution in [2.75, 3.05) is 31.9 Å². The summed E-state index contributed by atoms with van der Waals surface area (Å²) < 4.78 is 12.3. The molecule has 3 rings (SSSR count). The second-order valence-corrected chi connectivity index (χ2v) is 8.86. The predicted molar refractivity (Wildman–Crippen MR) is 137 cm³/mol. The monoisotopic (exact) mass is 540 g/mol. The molecule has 2 aromatic rings. The zero-order valence-electron chi connectivity index (χ0n) is 17.7. The van der Waals surface area contributed by atoms with Crippen molar-refractivity contribution < 1.29 is 4.21 Å². The van der Waals surface area contributed by atoms with Gasteiger partial charge in [0.05, 0.1) is 17.3 Å². The zero-order chi connectivity index (χ0) is 20.3. The van der Waals surface area contributed by atoms with E-state index in [9.17, 15) is 4.21 Å². The highest BCUT2D eigenvalue weighted by Gasteiger charge is 2.11. The maximum Gasteiger partial charge on any atom is 0.191 e. The number of likely N-dealkylation sites (tertiary alicyclic amines) is 1. The average Bonchev–Trinajstić information content (AvgIpc) is 3.26. The van der Waals surface area contributed by atoms with Gasteiger partial charge in [-0.25, -0.2) is 4.99 Å². The number of nitrogens with zero attached hydrogens (tertiary/aromatic N) is 2. The summed E-state index contributed by atoms with van der Waals surface area (Å²) in [5.74, 6) is 1.32. The van der Waals surface area contributed by atoms with Crippen LogP contribution < -0.4 is 10.6 Å². The minimum absolute atomic E-state index is 0. The summed E-state index contributed by atoms with van der Waals surface area (Å²) >= 11 is 0. The number of halogens is 1. The molecule has 0 spiro atoms. The van der Waals surface area contributed by atoms with Crippen LogP contribution in [0.15, 0.2) is 64.5 Å². The Hall–Kier alpha value is -1.45. The lowest BCUT2D eigenvalue weighted by atomic mass is 10.1. The highest BCUT2D eigenvalue weighted by molar-refractivity contribution is 14.0. The van der Waals surface area contributed by atoms with E-state index in [1.807, 2.05) is 37.3 Å². The number of guanidine groups is 1. The van der Waals surface area contributed by atoms with Crippen LogP contribution in [0, 0.1) is 0 Å². The fraction of sp³-hybridized carbons (Fsp3) is 0.435. The van der Waals surface area contributed by atoms with E-state index >= 15 is 0 Å². The van der Waals surface area contributed by atoms with Gasteiger partial charge in [-0.15, -0.1) is 24.0 Å². The smallest absolute Gasteiger partial charge is 0.191 e. The molecule has 0 radical (unpaired) electrons. The van der Waals surface area contributed by atoms with Crippen LogP contribution in [0.3, 0.4) is 0 Å². The van der Waals surface area contributed by atoms with E-state index in [1.54, 1.807) is 0 Å². The highest BCUT2D eigenvalue weighted by Crippen LogP contribution is 2.13. The molecule has 164 valence electrons. The summed E-state index contributed by atoms with van der Waals surface area (Å²) in [5.41, 5.74) is 2.56. The van der Waals surface area contributed by atoms with Gasteiger partial charge >= 0.3 is 0 Å². The third kappa shape index (κ3) is 8.35. The van der Waals surface area contributed by atoms with Crippen LogP contribution in [-0.4, -0.2) is 47.0 Å². The highest BCUT2D eigenvalue weighted by atomic mass is 127. The van der Waals surface area contributed by atoms with Gasteiger partial charge in [-0.3, -0.25) is 9.11 Å². The first-order valence-electron chi connectivity index (χ1n) is 10.5. The standard InChI is InChI=1S/C23H32N4OS.HI/c1-2-24-23(25-14-17-29(28)22-8-4-3-5-9-22)26-18-20-10-12-21(13-11-20)19-27-15-6-7-16-27;/h3-5,8-13H,2,6-7,14-19H2,1H3,(H2,24,25,26);1H. The summed E-state index contributed by atoms with van der Waals surface area (Å²) in [6.45, 7) is 7.57. The first-order valence-corrected chi connectivity index (χ1v) is 11.8. The molecule has 1 aliphatic heterocycles. The maximum absolute atomic E-state index is 12.3. The van der Waals surface area contributed by atoms with Crippen molar-refractivity contribution in [2.24, 2.45) is 4.99 Å². The molecule has 0 aromatic heterocycles. The topological polar surface area (TPSA) is 56.7 Å². The fourth-order valence-electron chi connectivity index (χ4n) is 3.41. The molecular formula is C23H33IN4OS. The fourth-order valence-corrected chi connectivity index (χ4v) is 4.40. The van der Waals surface area contributed by atoms with Gasteiger partial charge in [0.1, 0.15) is 0 Å². The van der Waals surface area contributed by atoms with Gasteiger partial charge in [0, 0.05) is 30.3 Å². The first-order chi connectivity index (χ1) is 14.2. The Morgan fingerprint density at radius 1 is 1.00 bits per heavy atom. The van der Waals surface area contributed by atoms with Gasteiger partial charge in [-0.2, -0.15) is 0 Å². The van der Waals surface area contributed by atoms with Crippen molar-refractivity contribution in [1.82, 2.24) is 15.5 Å². The molecule has 1 heterocycles. The number of rotatable bonds is 9. The van der Waals surface area contributed by atoms with Gasteiger partial charge in [-0.1, -0.05) is 42.5 Å². The minimum atomic E-state index is -0.998. The number of benzene rings is 2. The number of hydrogen-bond acceptors (Lipinski definition) is 3. The molecule has 0 amide bonds. The Kier molecular flexibility index (Phi) is 11.4. The minimum Gasteiger partial charge on any atom is -0.357 e. The van der Waals surface area contributed by atoms with E-state index in [1.165, 1.54) is 37.1 Å². The van der Waals surface area contributed by atoms with Crippen LogP contribution in [0.5, 0.6) is 0 Å². The molecular weight excluding hydrogens is 507 g/mol.